The predicted octanol–water partition coefficient (Wildman–Crippen LogP) is 5.11. The molecule has 0 bridgehead atoms. The number of hydrogen-bond acceptors (Lipinski definition) is 5. The molecule has 0 spiro atoms. The second-order valence-electron chi connectivity index (χ2n) is 6.14. The van der Waals surface area contributed by atoms with Crippen molar-refractivity contribution in [2.24, 2.45) is 0 Å². The Balaban J connectivity index is 1.74. The molecule has 0 radical (unpaired) electrons. The van der Waals surface area contributed by atoms with Crippen molar-refractivity contribution in [3.05, 3.63) is 105 Å². The Morgan fingerprint density at radius 3 is 2.38 bits per heavy atom. The van der Waals surface area contributed by atoms with Crippen LogP contribution in [0.5, 0.6) is 5.75 Å². The van der Waals surface area contributed by atoms with E-state index in [-0.39, 0.29) is 12.3 Å². The van der Waals surface area contributed by atoms with E-state index in [0.29, 0.717) is 16.9 Å². The summed E-state index contributed by atoms with van der Waals surface area (Å²) in [5.41, 5.74) is 3.38. The fraction of sp³-hybridized carbons (Fsp3) is 0.0435. The molecule has 0 saturated heterocycles. The largest absolute Gasteiger partial charge is 0.489 e. The fourth-order valence-corrected chi connectivity index (χ4v) is 2.65. The van der Waals surface area contributed by atoms with Gasteiger partial charge in [-0.25, -0.2) is 0 Å². The Hall–Kier alpha value is -4.42. The van der Waals surface area contributed by atoms with Gasteiger partial charge in [0.1, 0.15) is 12.4 Å². The first-order chi connectivity index (χ1) is 14.1. The summed E-state index contributed by atoms with van der Waals surface area (Å²) in [6, 6.07) is 24.5. The van der Waals surface area contributed by atoms with Crippen molar-refractivity contribution in [3.63, 3.8) is 0 Å². The first-order valence-electron chi connectivity index (χ1n) is 8.67. The highest BCUT2D eigenvalue weighted by atomic mass is 16.6. The van der Waals surface area contributed by atoms with Crippen LogP contribution in [0.25, 0.3) is 11.6 Å². The quantitative estimate of drug-likeness (QED) is 0.256. The second kappa shape index (κ2) is 8.98. The topological polar surface area (TPSA) is 99.9 Å². The van der Waals surface area contributed by atoms with E-state index >= 15 is 0 Å². The molecule has 3 aromatic rings. The van der Waals surface area contributed by atoms with Gasteiger partial charge in [0.25, 0.3) is 5.69 Å². The molecule has 140 valence electrons. The molecule has 0 amide bonds. The SMILES string of the molecule is N#C/C(=C/c1cccc(OCc2ccc([N+](=O)[O-])cc2)c1)c1ccc(C#N)cc1. The van der Waals surface area contributed by atoms with E-state index in [4.69, 9.17) is 10.00 Å². The molecule has 3 aromatic carbocycles. The van der Waals surface area contributed by atoms with Gasteiger partial charge in [-0.3, -0.25) is 10.1 Å². The minimum absolute atomic E-state index is 0.0349. The zero-order chi connectivity index (χ0) is 20.6. The number of benzene rings is 3. The summed E-state index contributed by atoms with van der Waals surface area (Å²) < 4.78 is 5.77. The van der Waals surface area contributed by atoms with Crippen LogP contribution >= 0.6 is 0 Å². The van der Waals surface area contributed by atoms with Crippen molar-refractivity contribution >= 4 is 17.3 Å². The van der Waals surface area contributed by atoms with Crippen LogP contribution in [0.3, 0.4) is 0 Å². The molecule has 6 nitrogen and oxygen atoms in total. The van der Waals surface area contributed by atoms with Gasteiger partial charge in [0.15, 0.2) is 0 Å². The lowest BCUT2D eigenvalue weighted by Gasteiger charge is -2.07. The molecule has 0 aromatic heterocycles. The monoisotopic (exact) mass is 381 g/mol. The average Bonchev–Trinajstić information content (AvgIpc) is 2.76. The third-order valence-corrected chi connectivity index (χ3v) is 4.17. The maximum Gasteiger partial charge on any atom is 0.269 e. The van der Waals surface area contributed by atoms with Crippen LogP contribution in [0.1, 0.15) is 22.3 Å². The highest BCUT2D eigenvalue weighted by Crippen LogP contribution is 2.22. The highest BCUT2D eigenvalue weighted by molar-refractivity contribution is 5.89. The summed E-state index contributed by atoms with van der Waals surface area (Å²) >= 11 is 0. The molecule has 0 aliphatic carbocycles. The van der Waals surface area contributed by atoms with Crippen molar-refractivity contribution in [1.29, 1.82) is 10.5 Å². The van der Waals surface area contributed by atoms with E-state index in [0.717, 1.165) is 16.7 Å². The zero-order valence-corrected chi connectivity index (χ0v) is 15.3. The third-order valence-electron chi connectivity index (χ3n) is 4.17. The van der Waals surface area contributed by atoms with Crippen LogP contribution in [0.4, 0.5) is 5.69 Å². The summed E-state index contributed by atoms with van der Waals surface area (Å²) in [4.78, 5) is 10.3. The molecular formula is C23H15N3O3. The Morgan fingerprint density at radius 2 is 1.76 bits per heavy atom. The van der Waals surface area contributed by atoms with Gasteiger partial charge in [-0.1, -0.05) is 24.3 Å². The van der Waals surface area contributed by atoms with Crippen LogP contribution in [-0.4, -0.2) is 4.92 Å². The fourth-order valence-electron chi connectivity index (χ4n) is 2.65. The van der Waals surface area contributed by atoms with Gasteiger partial charge >= 0.3 is 0 Å². The van der Waals surface area contributed by atoms with Crippen LogP contribution < -0.4 is 4.74 Å². The molecule has 3 rings (SSSR count). The third kappa shape index (κ3) is 5.06. The number of allylic oxidation sites excluding steroid dienone is 1. The van der Waals surface area contributed by atoms with E-state index < -0.39 is 4.92 Å². The molecule has 29 heavy (non-hydrogen) atoms. The van der Waals surface area contributed by atoms with Crippen molar-refractivity contribution in [2.75, 3.05) is 0 Å². The number of nitrogens with zero attached hydrogens (tertiary/aromatic N) is 3. The predicted molar refractivity (Wildman–Crippen MR) is 109 cm³/mol. The van der Waals surface area contributed by atoms with Crippen LogP contribution in [0.15, 0.2) is 72.8 Å². The minimum atomic E-state index is -0.443. The Morgan fingerprint density at radius 1 is 1.03 bits per heavy atom. The minimum Gasteiger partial charge on any atom is -0.489 e. The van der Waals surface area contributed by atoms with E-state index in [1.165, 1.54) is 12.1 Å². The Bertz CT molecular complexity index is 1140. The number of nitro groups is 1. The first kappa shape index (κ1) is 19.3. The summed E-state index contributed by atoms with van der Waals surface area (Å²) in [7, 11) is 0. The lowest BCUT2D eigenvalue weighted by atomic mass is 10.0. The van der Waals surface area contributed by atoms with E-state index in [2.05, 4.69) is 12.1 Å². The van der Waals surface area contributed by atoms with Crippen LogP contribution in [0, 0.1) is 32.8 Å². The first-order valence-corrected chi connectivity index (χ1v) is 8.67. The number of hydrogen-bond donors (Lipinski definition) is 0. The van der Waals surface area contributed by atoms with Gasteiger partial charge in [0.2, 0.25) is 0 Å². The average molecular weight is 381 g/mol. The lowest BCUT2D eigenvalue weighted by Crippen LogP contribution is -1.96. The number of nitro benzene ring substituents is 1. The molecule has 0 aliphatic heterocycles. The van der Waals surface area contributed by atoms with Gasteiger partial charge in [0, 0.05) is 12.1 Å². The molecule has 0 fully saturated rings. The van der Waals surface area contributed by atoms with Crippen molar-refractivity contribution in [1.82, 2.24) is 0 Å². The molecule has 0 N–H and O–H groups in total. The normalized spacial score (nSPS) is 10.6. The maximum atomic E-state index is 10.7. The van der Waals surface area contributed by atoms with E-state index in [1.807, 2.05) is 18.2 Å². The number of rotatable bonds is 6. The van der Waals surface area contributed by atoms with Gasteiger partial charge in [-0.2, -0.15) is 10.5 Å². The Labute approximate surface area is 167 Å². The van der Waals surface area contributed by atoms with Gasteiger partial charge in [-0.15, -0.1) is 0 Å². The van der Waals surface area contributed by atoms with Crippen molar-refractivity contribution in [3.8, 4) is 17.9 Å². The number of nitriles is 2. The molecule has 0 saturated carbocycles. The highest BCUT2D eigenvalue weighted by Gasteiger charge is 2.05. The molecular weight excluding hydrogens is 366 g/mol. The second-order valence-corrected chi connectivity index (χ2v) is 6.14. The zero-order valence-electron chi connectivity index (χ0n) is 15.3. The smallest absolute Gasteiger partial charge is 0.269 e. The summed E-state index contributed by atoms with van der Waals surface area (Å²) in [6.07, 6.45) is 1.75. The molecule has 0 atom stereocenters. The number of non-ortho nitro benzene ring substituents is 1. The van der Waals surface area contributed by atoms with Crippen molar-refractivity contribution < 1.29 is 9.66 Å². The summed E-state index contributed by atoms with van der Waals surface area (Å²) in [5.74, 6) is 0.620. The van der Waals surface area contributed by atoms with E-state index in [9.17, 15) is 15.4 Å². The summed E-state index contributed by atoms with van der Waals surface area (Å²) in [6.45, 7) is 0.270. The summed E-state index contributed by atoms with van der Waals surface area (Å²) in [5, 5.41) is 29.1. The molecule has 6 heteroatoms. The van der Waals surface area contributed by atoms with Gasteiger partial charge < -0.3 is 4.74 Å². The molecule has 0 heterocycles. The van der Waals surface area contributed by atoms with Crippen molar-refractivity contribution in [2.45, 2.75) is 6.61 Å². The number of ether oxygens (including phenoxy) is 1. The van der Waals surface area contributed by atoms with Gasteiger partial charge in [-0.05, 0) is 59.2 Å². The lowest BCUT2D eigenvalue weighted by molar-refractivity contribution is -0.384. The van der Waals surface area contributed by atoms with E-state index in [1.54, 1.807) is 48.5 Å². The van der Waals surface area contributed by atoms with Crippen LogP contribution in [-0.2, 0) is 6.61 Å². The Kier molecular flexibility index (Phi) is 5.99. The molecule has 0 aliphatic rings. The van der Waals surface area contributed by atoms with Gasteiger partial charge in [0.05, 0.1) is 28.2 Å². The maximum absolute atomic E-state index is 10.7. The van der Waals surface area contributed by atoms with Crippen LogP contribution in [0.2, 0.25) is 0 Å². The standard InChI is InChI=1S/C23H15N3O3/c24-14-17-4-8-20(9-5-17)21(15-25)12-19-2-1-3-23(13-19)29-16-18-6-10-22(11-7-18)26(27)28/h1-13H,16H2/b21-12-. The molecule has 0 unspecified atom stereocenters.